The van der Waals surface area contributed by atoms with E-state index in [-0.39, 0.29) is 77.5 Å². The summed E-state index contributed by atoms with van der Waals surface area (Å²) in [4.78, 5) is 52.9. The third-order valence-corrected chi connectivity index (χ3v) is 32.4. The third kappa shape index (κ3) is 6.66. The number of Topliss-reactive ketones (excluding diaryl/α,β-unsaturated/α-hetero) is 1. The van der Waals surface area contributed by atoms with Crippen molar-refractivity contribution in [3.8, 4) is 11.8 Å². The summed E-state index contributed by atoms with van der Waals surface area (Å²) in [5.74, 6) is 6.95. The summed E-state index contributed by atoms with van der Waals surface area (Å²) in [7, 11) is 0. The maximum atomic E-state index is 17.9. The highest BCUT2D eigenvalue weighted by Gasteiger charge is 3.00. The summed E-state index contributed by atoms with van der Waals surface area (Å²) in [6, 6.07) is 13.2. The van der Waals surface area contributed by atoms with Gasteiger partial charge in [-0.05, 0) is 221 Å². The molecule has 2 aromatic rings. The van der Waals surface area contributed by atoms with Crippen molar-refractivity contribution >= 4 is 17.7 Å². The molecule has 6 spiro atoms. The minimum absolute atomic E-state index is 0.0129. The number of aliphatic hydroxyl groups is 3. The van der Waals surface area contributed by atoms with Gasteiger partial charge in [-0.3, -0.25) is 14.9 Å². The standard InChI is InChI=1S/C79H96N2O11/c1-43-53-15-9-13-46(53)18-20-54(43)59-33-51-32-52-37-73(24-7-8-25-73)40-74(52)36-50-35-71(2)76(57-23-28-88-62(57)34-56(61(83)39-82)48-19-21-55-49(31-48)22-27-81-42-80-38-60(55)81)26-10-14-47-17-16-45(29-44-11-5-4-6-12-44)30-58(47)77(79(71)68(90-79)70(87)91-76)64(50)75-41-89-69(86)66(74)78(51,75)92-72(59,3)65(75)63(84)67(77)85/h4-6,11-12,18,20,22-23,27-28,33,43,45-50,52-56,58-61,64-68,80,82-83,85H,7-9,13,15-17,19,21,24-26,29-32,34-42H2,1-3H3. The van der Waals surface area contributed by atoms with Crippen LogP contribution in [0, 0.1) is 140 Å². The Balaban J connectivity index is 0.813. The molecule has 7 aliphatic heterocycles. The average Bonchev–Trinajstić information content (AvgIpc) is 1.42. The van der Waals surface area contributed by atoms with Crippen LogP contribution in [-0.4, -0.2) is 106 Å². The predicted molar refractivity (Wildman–Crippen MR) is 338 cm³/mol. The van der Waals surface area contributed by atoms with Crippen molar-refractivity contribution < 1.29 is 53.1 Å². The van der Waals surface area contributed by atoms with E-state index < -0.39 is 98.6 Å². The number of aliphatic hydroxyl groups excluding tert-OH is 3. The van der Waals surface area contributed by atoms with Crippen LogP contribution in [0.3, 0.4) is 0 Å². The first-order chi connectivity index (χ1) is 44.6. The zero-order valence-electron chi connectivity index (χ0n) is 54.3. The molecule has 0 amide bonds. The summed E-state index contributed by atoms with van der Waals surface area (Å²) in [6.07, 6.45) is 29.0. The van der Waals surface area contributed by atoms with E-state index in [4.69, 9.17) is 23.4 Å². The summed E-state index contributed by atoms with van der Waals surface area (Å²) in [5, 5.41) is 42.1. The fraction of sp³-hybridized carbons (Fsp3) is 0.734. The Morgan fingerprint density at radius 3 is 2.60 bits per heavy atom. The lowest BCUT2D eigenvalue weighted by Crippen LogP contribution is -2.83. The Morgan fingerprint density at radius 2 is 1.75 bits per heavy atom. The van der Waals surface area contributed by atoms with Crippen LogP contribution < -0.4 is 5.32 Å². The minimum atomic E-state index is -1.59. The summed E-state index contributed by atoms with van der Waals surface area (Å²) in [6.45, 7) is 8.46. The molecule has 29 unspecified atom stereocenters. The van der Waals surface area contributed by atoms with Crippen molar-refractivity contribution in [1.82, 2.24) is 10.2 Å². The number of hydrogen-bond donors (Lipinski definition) is 4. The van der Waals surface area contributed by atoms with E-state index in [2.05, 4.69) is 104 Å². The van der Waals surface area contributed by atoms with Crippen LogP contribution >= 0.6 is 0 Å². The molecule has 1 aromatic carbocycles. The molecule has 4 N–H and O–H groups in total. The van der Waals surface area contributed by atoms with Crippen LogP contribution in [0.25, 0.3) is 0 Å². The first-order valence-electron chi connectivity index (χ1n) is 37.0. The molecule has 0 radical (unpaired) electrons. The number of esters is 2. The monoisotopic (exact) mass is 1250 g/mol. The van der Waals surface area contributed by atoms with Crippen LogP contribution in [0.2, 0.25) is 0 Å². The van der Waals surface area contributed by atoms with Gasteiger partial charge in [-0.15, -0.1) is 0 Å². The number of hydrogen-bond acceptors (Lipinski definition) is 13. The van der Waals surface area contributed by atoms with E-state index in [0.29, 0.717) is 72.6 Å². The van der Waals surface area contributed by atoms with Crippen LogP contribution in [0.15, 0.2) is 83.2 Å². The molecule has 14 fully saturated rings. The second-order valence-corrected chi connectivity index (χ2v) is 35.1. The van der Waals surface area contributed by atoms with E-state index in [9.17, 15) is 10.2 Å². The van der Waals surface area contributed by atoms with Gasteiger partial charge in [-0.1, -0.05) is 99.6 Å². The maximum Gasteiger partial charge on any atom is 0.339 e. The van der Waals surface area contributed by atoms with Crippen molar-refractivity contribution in [3.05, 3.63) is 95.6 Å². The normalized spacial score (nSPS) is 53.0. The van der Waals surface area contributed by atoms with Gasteiger partial charge in [0.15, 0.2) is 17.5 Å². The van der Waals surface area contributed by atoms with E-state index in [1.807, 2.05) is 6.07 Å². The van der Waals surface area contributed by atoms with Crippen molar-refractivity contribution in [2.45, 2.75) is 202 Å². The topological polar surface area (TPSA) is 181 Å². The molecule has 488 valence electrons. The highest BCUT2D eigenvalue weighted by molar-refractivity contribution is 5.94. The number of nitrogens with zero attached hydrogens (tertiary/aromatic N) is 1. The molecule has 11 aliphatic carbocycles. The summed E-state index contributed by atoms with van der Waals surface area (Å²) < 4.78 is 38.0. The molecule has 8 heterocycles. The van der Waals surface area contributed by atoms with Gasteiger partial charge in [0.2, 0.25) is 0 Å². The molecular weight excluding hydrogens is 1150 g/mol. The highest BCUT2D eigenvalue weighted by Crippen LogP contribution is 2.92. The minimum Gasteiger partial charge on any atom is -0.469 e. The Hall–Kier alpha value is -4.55. The van der Waals surface area contributed by atoms with Gasteiger partial charge in [0, 0.05) is 47.2 Å². The number of cyclic esters (lactones) is 1. The van der Waals surface area contributed by atoms with Gasteiger partial charge in [0.1, 0.15) is 29.7 Å². The zero-order chi connectivity index (χ0) is 62.1. The SMILES string of the molecule is CC1C(C2C=C3CC4CC5(CCCC5)CC45CC4CC6(C)C7(c8ccoc8CC(C(O)CO)C8CCC9C(C=CN%10CNCC9%10)C8)CC#CC8CCC(Cc9ccccc9)CC8C8(C(O)C(=O)C9C2(C)OC32C5C(=O)OCC92C48)C62OC2C(=O)O7)C=CC2CCCC21. The molecule has 9 bridgehead atoms. The molecule has 29 atom stereocenters. The molecule has 13 heteroatoms. The van der Waals surface area contributed by atoms with Crippen molar-refractivity contribution in [3.63, 3.8) is 0 Å². The lowest BCUT2D eigenvalue weighted by molar-refractivity contribution is -0.315. The van der Waals surface area contributed by atoms with Crippen molar-refractivity contribution in [2.75, 3.05) is 26.4 Å². The molecule has 13 nitrogen and oxygen atoms in total. The first kappa shape index (κ1) is 57.7. The van der Waals surface area contributed by atoms with Gasteiger partial charge in [-0.25, -0.2) is 4.79 Å². The molecule has 9 saturated carbocycles. The number of carbonyl (C=O) groups is 3. The Bertz CT molecular complexity index is 3630. The molecule has 20 rings (SSSR count). The molecule has 18 aliphatic rings. The Labute approximate surface area is 542 Å². The second kappa shape index (κ2) is 19.2. The zero-order valence-corrected chi connectivity index (χ0v) is 54.3. The van der Waals surface area contributed by atoms with Crippen LogP contribution in [-0.2, 0) is 51.8 Å². The number of epoxide rings is 1. The summed E-state index contributed by atoms with van der Waals surface area (Å²) >= 11 is 0. The Morgan fingerprint density at radius 1 is 0.891 bits per heavy atom. The number of ketones is 1. The molecule has 5 saturated heterocycles. The lowest BCUT2D eigenvalue weighted by Gasteiger charge is -2.74. The number of rotatable bonds is 9. The van der Waals surface area contributed by atoms with E-state index in [1.54, 1.807) is 6.26 Å². The van der Waals surface area contributed by atoms with Crippen molar-refractivity contribution in [2.24, 2.45) is 128 Å². The quantitative estimate of drug-likeness (QED) is 0.0807. The van der Waals surface area contributed by atoms with E-state index in [1.165, 1.54) is 43.2 Å². The largest absolute Gasteiger partial charge is 0.469 e. The third-order valence-electron chi connectivity index (χ3n) is 32.4. The smallest absolute Gasteiger partial charge is 0.339 e. The fourth-order valence-corrected chi connectivity index (χ4v) is 29.8. The summed E-state index contributed by atoms with van der Waals surface area (Å²) in [5.41, 5.74) is -6.27. The number of furan rings is 1. The highest BCUT2D eigenvalue weighted by atomic mass is 16.7. The van der Waals surface area contributed by atoms with Gasteiger partial charge >= 0.3 is 11.9 Å². The number of allylic oxidation sites excluding steroid dienone is 3. The van der Waals surface area contributed by atoms with Crippen molar-refractivity contribution in [1.29, 1.82) is 0 Å². The Kier molecular flexibility index (Phi) is 12.0. The maximum absolute atomic E-state index is 17.9. The van der Waals surface area contributed by atoms with Crippen LogP contribution in [0.5, 0.6) is 0 Å². The molecule has 1 aromatic heterocycles. The number of ether oxygens (including phenoxy) is 4. The van der Waals surface area contributed by atoms with Gasteiger partial charge in [0.05, 0.1) is 54.9 Å². The van der Waals surface area contributed by atoms with Crippen LogP contribution in [0.1, 0.15) is 160 Å². The van der Waals surface area contributed by atoms with Gasteiger partial charge < -0.3 is 43.6 Å². The molecular formula is C79H96N2O11. The average molecular weight is 1250 g/mol. The first-order valence-corrected chi connectivity index (χ1v) is 37.0. The fourth-order valence-electron chi connectivity index (χ4n) is 29.8. The number of carbonyl (C=O) groups excluding carboxylic acids is 3. The number of fused-ring (bicyclic) bond motifs is 7. The number of benzene rings is 1. The van der Waals surface area contributed by atoms with E-state index in [0.717, 1.165) is 83.8 Å². The van der Waals surface area contributed by atoms with Gasteiger partial charge in [-0.2, -0.15) is 0 Å². The van der Waals surface area contributed by atoms with Gasteiger partial charge in [0.25, 0.3) is 0 Å². The number of nitrogens with one attached hydrogen (secondary N) is 1. The molecule has 92 heavy (non-hydrogen) atoms. The van der Waals surface area contributed by atoms with E-state index >= 15 is 19.5 Å². The predicted octanol–water partition coefficient (Wildman–Crippen LogP) is 10.6. The van der Waals surface area contributed by atoms with Crippen LogP contribution in [0.4, 0.5) is 0 Å². The second-order valence-electron chi connectivity index (χ2n) is 35.1. The lowest BCUT2D eigenvalue weighted by atomic mass is 9.28.